The molecule has 0 aliphatic heterocycles. The fraction of sp³-hybridized carbons (Fsp3) is 0.312. The lowest BCUT2D eigenvalue weighted by Gasteiger charge is -2.24. The zero-order valence-corrected chi connectivity index (χ0v) is 19.4. The smallest absolute Gasteiger partial charge is 0.00253 e. The van der Waals surface area contributed by atoms with E-state index in [2.05, 4.69) is 86.3 Å². The van der Waals surface area contributed by atoms with Gasteiger partial charge in [-0.2, -0.15) is 0 Å². The van der Waals surface area contributed by atoms with E-state index in [1.165, 1.54) is 76.6 Å². The molecule has 2 aliphatic carbocycles. The van der Waals surface area contributed by atoms with Crippen LogP contribution in [0.5, 0.6) is 0 Å². The maximum atomic E-state index is 4.10. The summed E-state index contributed by atoms with van der Waals surface area (Å²) in [5.74, 6) is 0.713. The summed E-state index contributed by atoms with van der Waals surface area (Å²) < 4.78 is 0. The maximum Gasteiger partial charge on any atom is -0.00253 e. The topological polar surface area (TPSA) is 0 Å². The van der Waals surface area contributed by atoms with E-state index in [0.29, 0.717) is 5.92 Å². The largest absolute Gasteiger partial charge is 0.0998 e. The second-order valence-electron chi connectivity index (χ2n) is 9.91. The Balaban J connectivity index is 1.54. The molecule has 0 saturated heterocycles. The van der Waals surface area contributed by atoms with Crippen molar-refractivity contribution < 1.29 is 0 Å². The number of fused-ring (bicyclic) bond motifs is 1. The summed E-state index contributed by atoms with van der Waals surface area (Å²) in [6, 6.07) is 23.3. The van der Waals surface area contributed by atoms with Crippen LogP contribution in [0.4, 0.5) is 0 Å². The van der Waals surface area contributed by atoms with Crippen molar-refractivity contribution in [2.75, 3.05) is 0 Å². The summed E-state index contributed by atoms with van der Waals surface area (Å²) >= 11 is 0. The van der Waals surface area contributed by atoms with Gasteiger partial charge in [0.15, 0.2) is 0 Å². The van der Waals surface area contributed by atoms with Crippen molar-refractivity contribution in [1.82, 2.24) is 0 Å². The number of benzene rings is 3. The van der Waals surface area contributed by atoms with E-state index in [-0.39, 0.29) is 0 Å². The molecule has 0 heterocycles. The second-order valence-corrected chi connectivity index (χ2v) is 9.91. The SMILES string of the molecule is C=C(C)Cc1cccc(Cc2cc(-c3cccc4c3C=CC4)cc(C3CCCCC3)c2)c1. The third kappa shape index (κ3) is 4.65. The number of hydrogen-bond donors (Lipinski definition) is 0. The Labute approximate surface area is 193 Å². The van der Waals surface area contributed by atoms with Crippen molar-refractivity contribution in [1.29, 1.82) is 0 Å². The van der Waals surface area contributed by atoms with Gasteiger partial charge in [0.2, 0.25) is 0 Å². The number of hydrogen-bond acceptors (Lipinski definition) is 0. The molecule has 0 heteroatoms. The van der Waals surface area contributed by atoms with Gasteiger partial charge in [0.25, 0.3) is 0 Å². The van der Waals surface area contributed by atoms with Crippen LogP contribution in [0.2, 0.25) is 0 Å². The molecule has 162 valence electrons. The van der Waals surface area contributed by atoms with Crippen LogP contribution >= 0.6 is 0 Å². The van der Waals surface area contributed by atoms with E-state index in [9.17, 15) is 0 Å². The van der Waals surface area contributed by atoms with Crippen LogP contribution in [0.3, 0.4) is 0 Å². The predicted molar refractivity (Wildman–Crippen MR) is 138 cm³/mol. The minimum atomic E-state index is 0.713. The number of allylic oxidation sites excluding steroid dienone is 2. The van der Waals surface area contributed by atoms with Gasteiger partial charge in [-0.25, -0.2) is 0 Å². The fourth-order valence-electron chi connectivity index (χ4n) is 5.62. The lowest BCUT2D eigenvalue weighted by Crippen LogP contribution is -2.06. The van der Waals surface area contributed by atoms with Crippen LogP contribution in [0, 0.1) is 0 Å². The molecule has 0 amide bonds. The van der Waals surface area contributed by atoms with E-state index < -0.39 is 0 Å². The highest BCUT2D eigenvalue weighted by Crippen LogP contribution is 2.38. The van der Waals surface area contributed by atoms with Crippen LogP contribution < -0.4 is 0 Å². The van der Waals surface area contributed by atoms with Crippen molar-refractivity contribution in [3.63, 3.8) is 0 Å². The quantitative estimate of drug-likeness (QED) is 0.351. The fourth-order valence-corrected chi connectivity index (χ4v) is 5.62. The van der Waals surface area contributed by atoms with Gasteiger partial charge in [0.1, 0.15) is 0 Å². The first-order valence-corrected chi connectivity index (χ1v) is 12.3. The molecule has 3 aromatic rings. The predicted octanol–water partition coefficient (Wildman–Crippen LogP) is 8.68. The average molecular weight is 419 g/mol. The molecule has 32 heavy (non-hydrogen) atoms. The third-order valence-electron chi connectivity index (χ3n) is 7.13. The standard InChI is InChI=1S/C32H34/c1-23(2)17-24-9-6-10-25(18-24)19-26-20-29(27-11-4-3-5-12-27)22-30(21-26)32-16-8-14-28-13-7-15-31(28)32/h6-10,14-16,18,20-22,27H,1,3-5,11-13,17,19H2,2H3. The lowest BCUT2D eigenvalue weighted by molar-refractivity contribution is 0.443. The minimum absolute atomic E-state index is 0.713. The van der Waals surface area contributed by atoms with Crippen LogP contribution in [0.1, 0.15) is 78.3 Å². The minimum Gasteiger partial charge on any atom is -0.0998 e. The summed E-state index contributed by atoms with van der Waals surface area (Å²) in [6.07, 6.45) is 14.4. The van der Waals surface area contributed by atoms with Crippen molar-refractivity contribution in [2.24, 2.45) is 0 Å². The first kappa shape index (κ1) is 21.0. The van der Waals surface area contributed by atoms with Crippen molar-refractivity contribution in [3.05, 3.63) is 112 Å². The van der Waals surface area contributed by atoms with E-state index >= 15 is 0 Å². The normalized spacial score (nSPS) is 15.7. The summed E-state index contributed by atoms with van der Waals surface area (Å²) in [4.78, 5) is 0. The lowest BCUT2D eigenvalue weighted by atomic mass is 9.81. The Bertz CT molecular complexity index is 1150. The highest BCUT2D eigenvalue weighted by Gasteiger charge is 2.19. The summed E-state index contributed by atoms with van der Waals surface area (Å²) in [7, 11) is 0. The molecule has 5 rings (SSSR count). The van der Waals surface area contributed by atoms with Crippen molar-refractivity contribution >= 4 is 6.08 Å². The molecule has 3 aromatic carbocycles. The van der Waals surface area contributed by atoms with Gasteiger partial charge in [-0.15, -0.1) is 0 Å². The highest BCUT2D eigenvalue weighted by atomic mass is 14.2. The molecule has 1 fully saturated rings. The van der Waals surface area contributed by atoms with Crippen LogP contribution in [-0.2, 0) is 19.3 Å². The Kier molecular flexibility index (Phi) is 6.12. The molecule has 0 aromatic heterocycles. The molecule has 1 saturated carbocycles. The molecule has 0 spiro atoms. The Hall–Kier alpha value is -2.86. The van der Waals surface area contributed by atoms with Crippen molar-refractivity contribution in [3.8, 4) is 11.1 Å². The first-order chi connectivity index (χ1) is 15.7. The number of rotatable bonds is 6. The molecule has 0 radical (unpaired) electrons. The molecule has 0 unspecified atom stereocenters. The Morgan fingerprint density at radius 1 is 0.875 bits per heavy atom. The summed E-state index contributed by atoms with van der Waals surface area (Å²) in [5.41, 5.74) is 12.6. The van der Waals surface area contributed by atoms with Gasteiger partial charge in [-0.05, 0) is 89.5 Å². The van der Waals surface area contributed by atoms with Crippen LogP contribution in [0.25, 0.3) is 17.2 Å². The summed E-state index contributed by atoms with van der Waals surface area (Å²) in [5, 5.41) is 0. The third-order valence-corrected chi connectivity index (χ3v) is 7.13. The van der Waals surface area contributed by atoms with Gasteiger partial charge in [-0.1, -0.05) is 104 Å². The molecule has 2 aliphatic rings. The second kappa shape index (κ2) is 9.33. The van der Waals surface area contributed by atoms with Gasteiger partial charge in [0, 0.05) is 0 Å². The Morgan fingerprint density at radius 2 is 1.69 bits per heavy atom. The molecule has 0 atom stereocenters. The van der Waals surface area contributed by atoms with E-state index in [0.717, 1.165) is 19.3 Å². The van der Waals surface area contributed by atoms with Crippen LogP contribution in [-0.4, -0.2) is 0 Å². The maximum absolute atomic E-state index is 4.10. The monoisotopic (exact) mass is 418 g/mol. The van der Waals surface area contributed by atoms with Gasteiger partial charge in [0.05, 0.1) is 0 Å². The van der Waals surface area contributed by atoms with Gasteiger partial charge in [-0.3, -0.25) is 0 Å². The molecule has 0 nitrogen and oxygen atoms in total. The van der Waals surface area contributed by atoms with Gasteiger partial charge >= 0.3 is 0 Å². The average Bonchev–Trinajstić information content (AvgIpc) is 3.28. The van der Waals surface area contributed by atoms with E-state index in [4.69, 9.17) is 0 Å². The first-order valence-electron chi connectivity index (χ1n) is 12.3. The molecule has 0 N–H and O–H groups in total. The van der Waals surface area contributed by atoms with Crippen molar-refractivity contribution in [2.45, 2.75) is 64.2 Å². The van der Waals surface area contributed by atoms with E-state index in [1.54, 1.807) is 5.56 Å². The highest BCUT2D eigenvalue weighted by molar-refractivity contribution is 5.80. The van der Waals surface area contributed by atoms with Crippen LogP contribution in [0.15, 0.2) is 78.9 Å². The summed E-state index contributed by atoms with van der Waals surface area (Å²) in [6.45, 7) is 6.21. The van der Waals surface area contributed by atoms with Gasteiger partial charge < -0.3 is 0 Å². The molecular weight excluding hydrogens is 384 g/mol. The Morgan fingerprint density at radius 3 is 2.53 bits per heavy atom. The zero-order chi connectivity index (χ0) is 21.9. The molecule has 0 bridgehead atoms. The van der Waals surface area contributed by atoms with E-state index in [1.807, 2.05) is 0 Å². The molecular formula is C32H34. The zero-order valence-electron chi connectivity index (χ0n) is 19.4.